The number of thiazole rings is 1. The first-order valence-electron chi connectivity index (χ1n) is 5.36. The van der Waals surface area contributed by atoms with E-state index in [1.165, 1.54) is 23.5 Å². The summed E-state index contributed by atoms with van der Waals surface area (Å²) in [5.41, 5.74) is 4.91. The number of hydrogen-bond donors (Lipinski definition) is 3. The number of aryl methyl sites for hydroxylation is 1. The molecular weight excluding hydrogens is 268 g/mol. The number of rotatable bonds is 5. The fourth-order valence-electron chi connectivity index (χ4n) is 1.45. The van der Waals surface area contributed by atoms with Crippen molar-refractivity contribution in [2.24, 2.45) is 5.84 Å². The highest BCUT2D eigenvalue weighted by molar-refractivity contribution is 7.09. The van der Waals surface area contributed by atoms with Crippen LogP contribution in [0.3, 0.4) is 0 Å². The Morgan fingerprint density at radius 3 is 2.79 bits per heavy atom. The average Bonchev–Trinajstić information content (AvgIpc) is 2.81. The number of hydrazine groups is 1. The third-order valence-electron chi connectivity index (χ3n) is 2.44. The van der Waals surface area contributed by atoms with Crippen LogP contribution in [0.5, 0.6) is 0 Å². The van der Waals surface area contributed by atoms with Crippen molar-refractivity contribution in [2.75, 3.05) is 10.7 Å². The van der Waals surface area contributed by atoms with Gasteiger partial charge in [-0.3, -0.25) is 10.1 Å². The van der Waals surface area contributed by atoms with Crippen LogP contribution in [0.2, 0.25) is 0 Å². The number of nitrogens with one attached hydrogen (secondary N) is 2. The molecule has 0 amide bonds. The second kappa shape index (κ2) is 5.59. The number of nitro groups is 1. The quantitative estimate of drug-likeness (QED) is 0.433. The Hall–Kier alpha value is -2.26. The minimum Gasteiger partial charge on any atom is -0.365 e. The maximum absolute atomic E-state index is 10.8. The molecule has 0 saturated carbocycles. The molecule has 4 N–H and O–H groups in total. The van der Waals surface area contributed by atoms with Gasteiger partial charge in [-0.25, -0.2) is 15.8 Å². The van der Waals surface area contributed by atoms with E-state index in [0.29, 0.717) is 12.4 Å². The molecule has 0 aliphatic carbocycles. The molecule has 2 heterocycles. The van der Waals surface area contributed by atoms with E-state index in [1.807, 2.05) is 6.92 Å². The number of pyridine rings is 1. The highest BCUT2D eigenvalue weighted by atomic mass is 32.1. The van der Waals surface area contributed by atoms with Crippen molar-refractivity contribution in [2.45, 2.75) is 13.5 Å². The lowest BCUT2D eigenvalue weighted by molar-refractivity contribution is -0.384. The number of aromatic nitrogens is 2. The zero-order valence-electron chi connectivity index (χ0n) is 10.1. The van der Waals surface area contributed by atoms with Gasteiger partial charge in [0, 0.05) is 4.88 Å². The first-order chi connectivity index (χ1) is 9.10. The van der Waals surface area contributed by atoms with Crippen LogP contribution in [0.15, 0.2) is 17.6 Å². The molecule has 9 heteroatoms. The van der Waals surface area contributed by atoms with Crippen molar-refractivity contribution in [3.63, 3.8) is 0 Å². The van der Waals surface area contributed by atoms with E-state index in [1.54, 1.807) is 5.51 Å². The van der Waals surface area contributed by atoms with Gasteiger partial charge in [-0.15, -0.1) is 11.3 Å². The normalized spacial score (nSPS) is 10.2. The van der Waals surface area contributed by atoms with Crippen LogP contribution in [0.25, 0.3) is 0 Å². The zero-order valence-corrected chi connectivity index (χ0v) is 10.9. The summed E-state index contributed by atoms with van der Waals surface area (Å²) < 4.78 is 0. The van der Waals surface area contributed by atoms with Crippen molar-refractivity contribution in [3.05, 3.63) is 38.3 Å². The van der Waals surface area contributed by atoms with Crippen molar-refractivity contribution >= 4 is 28.7 Å². The summed E-state index contributed by atoms with van der Waals surface area (Å²) in [5, 5.41) is 13.8. The molecule has 2 aromatic heterocycles. The monoisotopic (exact) mass is 280 g/mol. The summed E-state index contributed by atoms with van der Waals surface area (Å²) >= 11 is 1.51. The molecule has 8 nitrogen and oxygen atoms in total. The molecule has 0 bridgehead atoms. The van der Waals surface area contributed by atoms with Crippen LogP contribution in [0, 0.1) is 17.0 Å². The molecule has 0 aliphatic heterocycles. The first-order valence-corrected chi connectivity index (χ1v) is 6.24. The van der Waals surface area contributed by atoms with Gasteiger partial charge in [0.15, 0.2) is 0 Å². The fraction of sp³-hybridized carbons (Fsp3) is 0.200. The fourth-order valence-corrected chi connectivity index (χ4v) is 2.17. The van der Waals surface area contributed by atoms with Gasteiger partial charge >= 0.3 is 0 Å². The van der Waals surface area contributed by atoms with Crippen LogP contribution in [-0.4, -0.2) is 14.9 Å². The lowest BCUT2D eigenvalue weighted by atomic mass is 10.3. The Morgan fingerprint density at radius 2 is 2.21 bits per heavy atom. The van der Waals surface area contributed by atoms with Crippen LogP contribution in [-0.2, 0) is 6.54 Å². The molecule has 2 aromatic rings. The van der Waals surface area contributed by atoms with Crippen molar-refractivity contribution in [1.82, 2.24) is 9.97 Å². The Balaban J connectivity index is 2.17. The topological polar surface area (TPSA) is 119 Å². The molecule has 0 fully saturated rings. The molecule has 0 aromatic carbocycles. The van der Waals surface area contributed by atoms with Crippen LogP contribution >= 0.6 is 11.3 Å². The van der Waals surface area contributed by atoms with Gasteiger partial charge in [-0.1, -0.05) is 0 Å². The van der Waals surface area contributed by atoms with Gasteiger partial charge in [0.05, 0.1) is 34.8 Å². The number of nitrogens with zero attached hydrogens (tertiary/aromatic N) is 3. The second-order valence-corrected chi connectivity index (χ2v) is 4.65. The van der Waals surface area contributed by atoms with Gasteiger partial charge in [0.2, 0.25) is 0 Å². The van der Waals surface area contributed by atoms with Crippen molar-refractivity contribution in [3.8, 4) is 0 Å². The largest absolute Gasteiger partial charge is 0.365 e. The van der Waals surface area contributed by atoms with Gasteiger partial charge in [0.25, 0.3) is 5.69 Å². The molecule has 0 aliphatic rings. The van der Waals surface area contributed by atoms with Crippen molar-refractivity contribution < 1.29 is 4.92 Å². The molecule has 0 saturated heterocycles. The predicted molar refractivity (Wildman–Crippen MR) is 72.9 cm³/mol. The number of hydrogen-bond acceptors (Lipinski definition) is 8. The third-order valence-corrected chi connectivity index (χ3v) is 3.38. The maximum Gasteiger partial charge on any atom is 0.276 e. The van der Waals surface area contributed by atoms with Gasteiger partial charge in [-0.2, -0.15) is 0 Å². The summed E-state index contributed by atoms with van der Waals surface area (Å²) in [6.45, 7) is 2.41. The molecule has 0 radical (unpaired) electrons. The molecule has 0 unspecified atom stereocenters. The zero-order chi connectivity index (χ0) is 13.8. The van der Waals surface area contributed by atoms with Crippen LogP contribution in [0.4, 0.5) is 17.3 Å². The third kappa shape index (κ3) is 3.14. The van der Waals surface area contributed by atoms with E-state index in [2.05, 4.69) is 20.7 Å². The highest BCUT2D eigenvalue weighted by Gasteiger charge is 2.11. The number of nitrogen functional groups attached to an aromatic ring is 1. The highest BCUT2D eigenvalue weighted by Crippen LogP contribution is 2.21. The Kier molecular flexibility index (Phi) is 3.88. The van der Waals surface area contributed by atoms with E-state index in [4.69, 9.17) is 5.84 Å². The minimum atomic E-state index is -0.494. The lowest BCUT2D eigenvalue weighted by Gasteiger charge is -2.06. The van der Waals surface area contributed by atoms with E-state index in [0.717, 1.165) is 10.6 Å². The molecular formula is C10H12N6O2S. The second-order valence-electron chi connectivity index (χ2n) is 3.71. The van der Waals surface area contributed by atoms with Gasteiger partial charge < -0.3 is 10.7 Å². The molecule has 2 rings (SSSR count). The Morgan fingerprint density at radius 1 is 1.47 bits per heavy atom. The molecule has 100 valence electrons. The molecule has 19 heavy (non-hydrogen) atoms. The average molecular weight is 280 g/mol. The Labute approximate surface area is 112 Å². The van der Waals surface area contributed by atoms with Gasteiger partial charge in [-0.05, 0) is 6.92 Å². The van der Waals surface area contributed by atoms with E-state index >= 15 is 0 Å². The van der Waals surface area contributed by atoms with E-state index in [9.17, 15) is 10.1 Å². The number of nitrogens with two attached hydrogens (primary N) is 1. The first kappa shape index (κ1) is 13.2. The summed E-state index contributed by atoms with van der Waals surface area (Å²) in [6, 6.07) is 2.63. The van der Waals surface area contributed by atoms with Gasteiger partial charge in [0.1, 0.15) is 11.6 Å². The minimum absolute atomic E-state index is 0.0773. The van der Waals surface area contributed by atoms with E-state index in [-0.39, 0.29) is 11.5 Å². The summed E-state index contributed by atoms with van der Waals surface area (Å²) in [5.74, 6) is 5.85. The lowest BCUT2D eigenvalue weighted by Crippen LogP contribution is -2.10. The van der Waals surface area contributed by atoms with Crippen LogP contribution < -0.4 is 16.6 Å². The standard InChI is InChI=1S/C10H12N6O2S/c1-6-8(19-5-13-6)4-12-9-2-7(16(17)18)3-10(14-9)15-11/h2-3,5H,4,11H2,1H3,(H2,12,14,15). The summed E-state index contributed by atoms with van der Waals surface area (Å²) in [6.07, 6.45) is 0. The molecule has 0 spiro atoms. The molecule has 0 atom stereocenters. The van der Waals surface area contributed by atoms with E-state index < -0.39 is 4.92 Å². The number of anilines is 2. The smallest absolute Gasteiger partial charge is 0.276 e. The van der Waals surface area contributed by atoms with Crippen molar-refractivity contribution in [1.29, 1.82) is 0 Å². The van der Waals surface area contributed by atoms with Crippen LogP contribution in [0.1, 0.15) is 10.6 Å². The maximum atomic E-state index is 10.8. The summed E-state index contributed by atoms with van der Waals surface area (Å²) in [7, 11) is 0. The Bertz CT molecular complexity index is 599. The predicted octanol–water partition coefficient (Wildman–Crippen LogP) is 1.65. The summed E-state index contributed by atoms with van der Waals surface area (Å²) in [4.78, 5) is 19.6. The SMILES string of the molecule is Cc1ncsc1CNc1cc([N+](=O)[O-])cc(NN)n1.